The van der Waals surface area contributed by atoms with Crippen LogP contribution >= 0.6 is 0 Å². The van der Waals surface area contributed by atoms with Gasteiger partial charge in [0.15, 0.2) is 0 Å². The molecule has 0 aliphatic heterocycles. The second-order valence-electron chi connectivity index (χ2n) is 5.71. The van der Waals surface area contributed by atoms with Gasteiger partial charge in [0, 0.05) is 18.3 Å². The Hall–Kier alpha value is -3.41. The zero-order valence-electron chi connectivity index (χ0n) is 14.7. The van der Waals surface area contributed by atoms with E-state index in [0.29, 0.717) is 29.6 Å². The molecule has 6 nitrogen and oxygen atoms in total. The second-order valence-corrected chi connectivity index (χ2v) is 5.71. The van der Waals surface area contributed by atoms with Crippen LogP contribution in [-0.2, 0) is 6.54 Å². The molecule has 1 heterocycles. The van der Waals surface area contributed by atoms with Gasteiger partial charge in [-0.1, -0.05) is 30.3 Å². The first-order chi connectivity index (χ1) is 12.6. The number of rotatable bonds is 6. The normalized spacial score (nSPS) is 10.2. The number of aromatic nitrogens is 2. The van der Waals surface area contributed by atoms with Gasteiger partial charge in [-0.05, 0) is 36.8 Å². The van der Waals surface area contributed by atoms with E-state index in [0.717, 1.165) is 11.3 Å². The first kappa shape index (κ1) is 17.4. The van der Waals surface area contributed by atoms with Crippen molar-refractivity contribution in [1.82, 2.24) is 9.97 Å². The quantitative estimate of drug-likeness (QED) is 0.711. The monoisotopic (exact) mass is 348 g/mol. The molecule has 0 saturated carbocycles. The SMILES string of the molecule is COc1ccc(NC(=O)c2cc(NCc3ccccc3)nc(C)n2)cc1. The largest absolute Gasteiger partial charge is 0.497 e. The third kappa shape index (κ3) is 4.57. The van der Waals surface area contributed by atoms with Gasteiger partial charge in [0.25, 0.3) is 5.91 Å². The molecule has 0 saturated heterocycles. The predicted octanol–water partition coefficient (Wildman–Crippen LogP) is 3.66. The molecule has 0 bridgehead atoms. The number of anilines is 2. The van der Waals surface area contributed by atoms with Gasteiger partial charge in [-0.3, -0.25) is 4.79 Å². The van der Waals surface area contributed by atoms with Crippen LogP contribution in [0.5, 0.6) is 5.75 Å². The lowest BCUT2D eigenvalue weighted by atomic mass is 10.2. The molecule has 2 N–H and O–H groups in total. The van der Waals surface area contributed by atoms with Crippen molar-refractivity contribution in [3.8, 4) is 5.75 Å². The molecule has 0 spiro atoms. The summed E-state index contributed by atoms with van der Waals surface area (Å²) < 4.78 is 5.11. The lowest BCUT2D eigenvalue weighted by Crippen LogP contribution is -2.15. The van der Waals surface area contributed by atoms with E-state index in [1.807, 2.05) is 30.3 Å². The Balaban J connectivity index is 1.70. The molecular formula is C20H20N4O2. The summed E-state index contributed by atoms with van der Waals surface area (Å²) in [5, 5.41) is 6.05. The van der Waals surface area contributed by atoms with E-state index in [9.17, 15) is 4.79 Å². The van der Waals surface area contributed by atoms with Crippen LogP contribution in [0.2, 0.25) is 0 Å². The Morgan fingerprint density at radius 3 is 2.46 bits per heavy atom. The fourth-order valence-corrected chi connectivity index (χ4v) is 2.43. The van der Waals surface area contributed by atoms with E-state index in [2.05, 4.69) is 20.6 Å². The van der Waals surface area contributed by atoms with E-state index in [1.165, 1.54) is 0 Å². The van der Waals surface area contributed by atoms with Gasteiger partial charge in [-0.2, -0.15) is 0 Å². The number of benzene rings is 2. The zero-order chi connectivity index (χ0) is 18.4. The number of aryl methyl sites for hydroxylation is 1. The highest BCUT2D eigenvalue weighted by Gasteiger charge is 2.11. The van der Waals surface area contributed by atoms with Crippen LogP contribution in [0, 0.1) is 6.92 Å². The van der Waals surface area contributed by atoms with Crippen LogP contribution in [0.3, 0.4) is 0 Å². The molecular weight excluding hydrogens is 328 g/mol. The molecule has 0 radical (unpaired) electrons. The number of carbonyl (C=O) groups is 1. The van der Waals surface area contributed by atoms with Crippen molar-refractivity contribution in [3.63, 3.8) is 0 Å². The van der Waals surface area contributed by atoms with Gasteiger partial charge in [-0.15, -0.1) is 0 Å². The molecule has 132 valence electrons. The summed E-state index contributed by atoms with van der Waals surface area (Å²) in [6, 6.07) is 18.8. The molecule has 3 aromatic rings. The number of methoxy groups -OCH3 is 1. The van der Waals surface area contributed by atoms with Crippen LogP contribution in [-0.4, -0.2) is 23.0 Å². The topological polar surface area (TPSA) is 76.1 Å². The first-order valence-corrected chi connectivity index (χ1v) is 8.23. The van der Waals surface area contributed by atoms with E-state index < -0.39 is 0 Å². The number of hydrogen-bond donors (Lipinski definition) is 2. The summed E-state index contributed by atoms with van der Waals surface area (Å²) in [6.45, 7) is 2.38. The highest BCUT2D eigenvalue weighted by atomic mass is 16.5. The highest BCUT2D eigenvalue weighted by molar-refractivity contribution is 6.03. The summed E-state index contributed by atoms with van der Waals surface area (Å²) in [6.07, 6.45) is 0. The lowest BCUT2D eigenvalue weighted by molar-refractivity contribution is 0.102. The van der Waals surface area contributed by atoms with Crippen molar-refractivity contribution in [2.24, 2.45) is 0 Å². The number of nitrogens with one attached hydrogen (secondary N) is 2. The molecule has 0 atom stereocenters. The number of amides is 1. The molecule has 26 heavy (non-hydrogen) atoms. The standard InChI is InChI=1S/C20H20N4O2/c1-14-22-18(20(25)24-16-8-10-17(26-2)11-9-16)12-19(23-14)21-13-15-6-4-3-5-7-15/h3-12H,13H2,1-2H3,(H,24,25)(H,21,22,23). The summed E-state index contributed by atoms with van der Waals surface area (Å²) in [4.78, 5) is 21.1. The van der Waals surface area contributed by atoms with Crippen LogP contribution in [0.1, 0.15) is 21.9 Å². The fraction of sp³-hybridized carbons (Fsp3) is 0.150. The van der Waals surface area contributed by atoms with Gasteiger partial charge >= 0.3 is 0 Å². The molecule has 0 aliphatic rings. The summed E-state index contributed by atoms with van der Waals surface area (Å²) in [5.41, 5.74) is 2.11. The van der Waals surface area contributed by atoms with Crippen LogP contribution in [0.15, 0.2) is 60.7 Å². The van der Waals surface area contributed by atoms with E-state index in [4.69, 9.17) is 4.74 Å². The van der Waals surface area contributed by atoms with Crippen molar-refractivity contribution >= 4 is 17.4 Å². The highest BCUT2D eigenvalue weighted by Crippen LogP contribution is 2.16. The van der Waals surface area contributed by atoms with Crippen molar-refractivity contribution in [3.05, 3.63) is 77.7 Å². The average molecular weight is 348 g/mol. The molecule has 1 amide bonds. The Morgan fingerprint density at radius 2 is 1.77 bits per heavy atom. The number of ether oxygens (including phenoxy) is 1. The van der Waals surface area contributed by atoms with Gasteiger partial charge in [-0.25, -0.2) is 9.97 Å². The maximum absolute atomic E-state index is 12.5. The Bertz CT molecular complexity index is 880. The Labute approximate surface area is 152 Å². The summed E-state index contributed by atoms with van der Waals surface area (Å²) in [5.74, 6) is 1.58. The van der Waals surface area contributed by atoms with Crippen molar-refractivity contribution in [2.75, 3.05) is 17.7 Å². The van der Waals surface area contributed by atoms with Gasteiger partial charge < -0.3 is 15.4 Å². The Kier molecular flexibility index (Phi) is 5.43. The lowest BCUT2D eigenvalue weighted by Gasteiger charge is -2.10. The predicted molar refractivity (Wildman–Crippen MR) is 101 cm³/mol. The molecule has 3 rings (SSSR count). The summed E-state index contributed by atoms with van der Waals surface area (Å²) in [7, 11) is 1.60. The van der Waals surface area contributed by atoms with Crippen LogP contribution in [0.25, 0.3) is 0 Å². The van der Waals surface area contributed by atoms with Gasteiger partial charge in [0.1, 0.15) is 23.1 Å². The minimum atomic E-state index is -0.288. The third-order valence-corrected chi connectivity index (χ3v) is 3.73. The number of hydrogen-bond acceptors (Lipinski definition) is 5. The van der Waals surface area contributed by atoms with E-state index in [-0.39, 0.29) is 5.91 Å². The summed E-state index contributed by atoms with van der Waals surface area (Å²) >= 11 is 0. The van der Waals surface area contributed by atoms with Crippen molar-refractivity contribution in [2.45, 2.75) is 13.5 Å². The van der Waals surface area contributed by atoms with E-state index in [1.54, 1.807) is 44.4 Å². The minimum absolute atomic E-state index is 0.288. The minimum Gasteiger partial charge on any atom is -0.497 e. The second kappa shape index (κ2) is 8.11. The number of carbonyl (C=O) groups excluding carboxylic acids is 1. The average Bonchev–Trinajstić information content (AvgIpc) is 2.67. The molecule has 0 unspecified atom stereocenters. The maximum atomic E-state index is 12.5. The molecule has 1 aromatic heterocycles. The first-order valence-electron chi connectivity index (χ1n) is 8.23. The number of nitrogens with zero attached hydrogens (tertiary/aromatic N) is 2. The third-order valence-electron chi connectivity index (χ3n) is 3.73. The molecule has 0 aliphatic carbocycles. The maximum Gasteiger partial charge on any atom is 0.274 e. The van der Waals surface area contributed by atoms with Crippen molar-refractivity contribution < 1.29 is 9.53 Å². The molecule has 0 fully saturated rings. The molecule has 2 aromatic carbocycles. The van der Waals surface area contributed by atoms with Crippen LogP contribution < -0.4 is 15.4 Å². The smallest absolute Gasteiger partial charge is 0.274 e. The van der Waals surface area contributed by atoms with Crippen molar-refractivity contribution in [1.29, 1.82) is 0 Å². The van der Waals surface area contributed by atoms with Crippen LogP contribution in [0.4, 0.5) is 11.5 Å². The fourth-order valence-electron chi connectivity index (χ4n) is 2.43. The molecule has 6 heteroatoms. The Morgan fingerprint density at radius 1 is 1.04 bits per heavy atom. The van der Waals surface area contributed by atoms with Gasteiger partial charge in [0.2, 0.25) is 0 Å². The van der Waals surface area contributed by atoms with E-state index >= 15 is 0 Å². The van der Waals surface area contributed by atoms with Gasteiger partial charge in [0.05, 0.1) is 7.11 Å². The zero-order valence-corrected chi connectivity index (χ0v) is 14.7.